The van der Waals surface area contributed by atoms with Crippen LogP contribution in [0.15, 0.2) is 70.9 Å². The molecule has 7 nitrogen and oxygen atoms in total. The molecule has 3 aromatic rings. The third kappa shape index (κ3) is 6.12. The lowest BCUT2D eigenvalue weighted by Crippen LogP contribution is -2.44. The molecule has 0 spiro atoms. The SMILES string of the molecule is COc1ccc(S(=O)(=O)N2CCc3ccccc3C2CC(=O)NC2CCC(C(c3cccs3)N(C)C)CC2)cc1. The zero-order valence-corrected chi connectivity index (χ0v) is 25.1. The summed E-state index contributed by atoms with van der Waals surface area (Å²) in [6.45, 7) is 0.336. The number of carbonyl (C=O) groups is 1. The molecule has 5 rings (SSSR count). The van der Waals surface area contributed by atoms with Crippen molar-refractivity contribution in [2.24, 2.45) is 5.92 Å². The molecule has 1 saturated carbocycles. The van der Waals surface area contributed by atoms with Gasteiger partial charge in [-0.1, -0.05) is 30.3 Å². The second-order valence-corrected chi connectivity index (χ2v) is 13.9. The Labute approximate surface area is 242 Å². The number of nitrogens with one attached hydrogen (secondary N) is 1. The maximum atomic E-state index is 13.8. The number of benzene rings is 2. The first-order chi connectivity index (χ1) is 19.3. The Bertz CT molecular complexity index is 1380. The molecule has 0 saturated heterocycles. The third-order valence-corrected chi connectivity index (χ3v) is 11.2. The van der Waals surface area contributed by atoms with Gasteiger partial charge in [0.25, 0.3) is 0 Å². The number of amides is 1. The van der Waals surface area contributed by atoms with E-state index in [0.29, 0.717) is 30.7 Å². The van der Waals surface area contributed by atoms with Crippen LogP contribution in [0.5, 0.6) is 5.75 Å². The molecule has 0 bridgehead atoms. The van der Waals surface area contributed by atoms with Crippen LogP contribution in [0.3, 0.4) is 0 Å². The van der Waals surface area contributed by atoms with Crippen molar-refractivity contribution >= 4 is 27.3 Å². The lowest BCUT2D eigenvalue weighted by atomic mass is 9.80. The Morgan fingerprint density at radius 3 is 2.42 bits per heavy atom. The molecule has 2 aliphatic rings. The summed E-state index contributed by atoms with van der Waals surface area (Å²) in [5.74, 6) is 1.06. The van der Waals surface area contributed by atoms with E-state index in [4.69, 9.17) is 4.74 Å². The summed E-state index contributed by atoms with van der Waals surface area (Å²) in [5.41, 5.74) is 2.01. The van der Waals surface area contributed by atoms with Gasteiger partial charge in [0.1, 0.15) is 5.75 Å². The van der Waals surface area contributed by atoms with Gasteiger partial charge in [-0.3, -0.25) is 4.79 Å². The van der Waals surface area contributed by atoms with Crippen LogP contribution in [0, 0.1) is 5.92 Å². The minimum atomic E-state index is -3.81. The van der Waals surface area contributed by atoms with Gasteiger partial charge in [-0.2, -0.15) is 4.31 Å². The molecule has 40 heavy (non-hydrogen) atoms. The van der Waals surface area contributed by atoms with Crippen LogP contribution in [0.1, 0.15) is 60.2 Å². The summed E-state index contributed by atoms with van der Waals surface area (Å²) in [7, 11) is 2.03. The van der Waals surface area contributed by atoms with E-state index in [9.17, 15) is 13.2 Å². The largest absolute Gasteiger partial charge is 0.497 e. The molecule has 1 amide bonds. The smallest absolute Gasteiger partial charge is 0.243 e. The summed E-state index contributed by atoms with van der Waals surface area (Å²) >= 11 is 1.81. The Hall–Kier alpha value is -2.72. The molecule has 1 N–H and O–H groups in total. The van der Waals surface area contributed by atoms with E-state index in [-0.39, 0.29) is 23.3 Å². The molecule has 2 aromatic carbocycles. The van der Waals surface area contributed by atoms with E-state index in [1.807, 2.05) is 35.6 Å². The molecule has 214 valence electrons. The molecule has 1 aromatic heterocycles. The van der Waals surface area contributed by atoms with Crippen molar-refractivity contribution in [3.8, 4) is 5.75 Å². The second kappa shape index (κ2) is 12.4. The van der Waals surface area contributed by atoms with Crippen molar-refractivity contribution in [2.45, 2.75) is 61.5 Å². The molecule has 9 heteroatoms. The van der Waals surface area contributed by atoms with Crippen LogP contribution in [0.2, 0.25) is 0 Å². The molecule has 2 heterocycles. The van der Waals surface area contributed by atoms with Gasteiger partial charge in [-0.25, -0.2) is 8.42 Å². The van der Waals surface area contributed by atoms with Crippen molar-refractivity contribution in [3.63, 3.8) is 0 Å². The van der Waals surface area contributed by atoms with E-state index in [1.165, 1.54) is 9.18 Å². The molecular formula is C31H39N3O4S2. The van der Waals surface area contributed by atoms with Crippen molar-refractivity contribution < 1.29 is 17.9 Å². The monoisotopic (exact) mass is 581 g/mol. The minimum Gasteiger partial charge on any atom is -0.497 e. The molecule has 1 aliphatic carbocycles. The second-order valence-electron chi connectivity index (χ2n) is 11.1. The molecule has 0 radical (unpaired) electrons. The molecule has 2 unspecified atom stereocenters. The van der Waals surface area contributed by atoms with E-state index < -0.39 is 16.1 Å². The standard InChI is InChI=1S/C31H39N3O4S2/c1-33(2)31(29-9-6-20-39-29)23-10-12-24(13-11-23)32-30(35)21-28-27-8-5-4-7-22(27)18-19-34(28)40(36,37)26-16-14-25(38-3)15-17-26/h4-9,14-17,20,23-24,28,31H,10-13,18-19,21H2,1-3H3,(H,32,35). The highest BCUT2D eigenvalue weighted by Gasteiger charge is 2.38. The van der Waals surface area contributed by atoms with Gasteiger partial charge in [0.05, 0.1) is 18.0 Å². The van der Waals surface area contributed by atoms with Gasteiger partial charge in [0.2, 0.25) is 15.9 Å². The average molecular weight is 582 g/mol. The molecule has 2 atom stereocenters. The minimum absolute atomic E-state index is 0.0949. The lowest BCUT2D eigenvalue weighted by molar-refractivity contribution is -0.123. The summed E-state index contributed by atoms with van der Waals surface area (Å²) in [6.07, 6.45) is 4.68. The highest BCUT2D eigenvalue weighted by atomic mass is 32.2. The molecular weight excluding hydrogens is 542 g/mol. The summed E-state index contributed by atoms with van der Waals surface area (Å²) in [4.78, 5) is 17.4. The first-order valence-corrected chi connectivity index (χ1v) is 16.3. The van der Waals surface area contributed by atoms with Crippen molar-refractivity contribution in [1.29, 1.82) is 0 Å². The van der Waals surface area contributed by atoms with Crippen molar-refractivity contribution in [3.05, 3.63) is 82.0 Å². The van der Waals surface area contributed by atoms with Crippen LogP contribution in [0.4, 0.5) is 0 Å². The maximum absolute atomic E-state index is 13.8. The highest BCUT2D eigenvalue weighted by Crippen LogP contribution is 2.40. The maximum Gasteiger partial charge on any atom is 0.243 e. The number of methoxy groups -OCH3 is 1. The van der Waals surface area contributed by atoms with Crippen LogP contribution < -0.4 is 10.1 Å². The van der Waals surface area contributed by atoms with Crippen molar-refractivity contribution in [1.82, 2.24) is 14.5 Å². The Kier molecular flexibility index (Phi) is 8.95. The zero-order chi connectivity index (χ0) is 28.3. The first-order valence-electron chi connectivity index (χ1n) is 14.0. The number of nitrogens with zero attached hydrogens (tertiary/aromatic N) is 2. The normalized spacial score (nSPS) is 22.4. The molecule has 1 aliphatic heterocycles. The number of thiophene rings is 1. The Morgan fingerprint density at radius 2 is 1.77 bits per heavy atom. The summed E-state index contributed by atoms with van der Waals surface area (Å²) in [5, 5.41) is 5.40. The van der Waals surface area contributed by atoms with E-state index in [1.54, 1.807) is 31.4 Å². The first kappa shape index (κ1) is 28.8. The number of rotatable bonds is 9. The quantitative estimate of drug-likeness (QED) is 0.366. The van der Waals surface area contributed by atoms with Gasteiger partial charge in [-0.05, 0) is 99.0 Å². The third-order valence-electron chi connectivity index (χ3n) is 8.38. The van der Waals surface area contributed by atoms with Gasteiger partial charge in [0, 0.05) is 29.9 Å². The average Bonchev–Trinajstić information content (AvgIpc) is 3.48. The fourth-order valence-corrected chi connectivity index (χ4v) is 9.04. The Balaban J connectivity index is 1.28. The van der Waals surface area contributed by atoms with Crippen LogP contribution in [0.25, 0.3) is 0 Å². The number of fused-ring (bicyclic) bond motifs is 1. The summed E-state index contributed by atoms with van der Waals surface area (Å²) < 4.78 is 34.3. The van der Waals surface area contributed by atoms with Crippen molar-refractivity contribution in [2.75, 3.05) is 27.7 Å². The van der Waals surface area contributed by atoms with Crippen LogP contribution in [-0.2, 0) is 21.2 Å². The zero-order valence-electron chi connectivity index (χ0n) is 23.5. The fourth-order valence-electron chi connectivity index (χ4n) is 6.42. The number of sulfonamides is 1. The van der Waals surface area contributed by atoms with E-state index in [0.717, 1.165) is 36.8 Å². The number of hydrogen-bond acceptors (Lipinski definition) is 6. The topological polar surface area (TPSA) is 79.0 Å². The van der Waals surface area contributed by atoms with Crippen LogP contribution >= 0.6 is 11.3 Å². The predicted molar refractivity (Wildman–Crippen MR) is 159 cm³/mol. The lowest BCUT2D eigenvalue weighted by Gasteiger charge is -2.38. The van der Waals surface area contributed by atoms with Gasteiger partial charge in [-0.15, -0.1) is 11.3 Å². The van der Waals surface area contributed by atoms with Gasteiger partial charge < -0.3 is 15.0 Å². The predicted octanol–water partition coefficient (Wildman–Crippen LogP) is 5.41. The number of carbonyl (C=O) groups excluding carboxylic acids is 1. The Morgan fingerprint density at radius 1 is 1.05 bits per heavy atom. The van der Waals surface area contributed by atoms with Crippen LogP contribution in [-0.4, -0.2) is 57.3 Å². The fraction of sp³-hybridized carbons (Fsp3) is 0.452. The number of hydrogen-bond donors (Lipinski definition) is 1. The van der Waals surface area contributed by atoms with E-state index in [2.05, 4.69) is 41.8 Å². The van der Waals surface area contributed by atoms with E-state index >= 15 is 0 Å². The van der Waals surface area contributed by atoms with Gasteiger partial charge in [0.15, 0.2) is 0 Å². The summed E-state index contributed by atoms with van der Waals surface area (Å²) in [6, 6.07) is 18.6. The number of ether oxygens (including phenoxy) is 1. The highest BCUT2D eigenvalue weighted by molar-refractivity contribution is 7.89. The van der Waals surface area contributed by atoms with Gasteiger partial charge >= 0.3 is 0 Å². The molecule has 1 fully saturated rings.